The van der Waals surface area contributed by atoms with Gasteiger partial charge < -0.3 is 19.3 Å². The van der Waals surface area contributed by atoms with Crippen molar-refractivity contribution in [1.29, 1.82) is 0 Å². The van der Waals surface area contributed by atoms with Crippen LogP contribution in [0.1, 0.15) is 22.7 Å². The lowest BCUT2D eigenvalue weighted by molar-refractivity contribution is -0.115. The fourth-order valence-electron chi connectivity index (χ4n) is 2.76. The molecule has 3 rings (SSSR count). The number of aromatic nitrogens is 3. The fourth-order valence-corrected chi connectivity index (χ4v) is 2.76. The summed E-state index contributed by atoms with van der Waals surface area (Å²) in [5, 5.41) is 11.1. The van der Waals surface area contributed by atoms with Gasteiger partial charge in [0.25, 0.3) is 0 Å². The lowest BCUT2D eigenvalue weighted by Crippen LogP contribution is -2.17. The van der Waals surface area contributed by atoms with Gasteiger partial charge in [0.15, 0.2) is 11.5 Å². The Morgan fingerprint density at radius 1 is 1.11 bits per heavy atom. The quantitative estimate of drug-likeness (QED) is 0.688. The summed E-state index contributed by atoms with van der Waals surface area (Å²) in [5.41, 5.74) is 2.52. The topological polar surface area (TPSA) is 91.4 Å². The van der Waals surface area contributed by atoms with Gasteiger partial charge in [-0.15, -0.1) is 0 Å². The van der Waals surface area contributed by atoms with Crippen molar-refractivity contribution < 1.29 is 18.8 Å². The molecule has 2 aromatic heterocycles. The number of carbonyl (C=O) groups excluding carboxylic acids is 1. The van der Waals surface area contributed by atoms with Crippen LogP contribution in [0.5, 0.6) is 11.5 Å². The third kappa shape index (κ3) is 4.46. The van der Waals surface area contributed by atoms with Gasteiger partial charge in [0.1, 0.15) is 11.6 Å². The van der Waals surface area contributed by atoms with Crippen molar-refractivity contribution in [3.8, 4) is 11.5 Å². The van der Waals surface area contributed by atoms with Gasteiger partial charge in [0.2, 0.25) is 5.91 Å². The highest BCUT2D eigenvalue weighted by Gasteiger charge is 2.13. The number of hydrogen-bond acceptors (Lipinski definition) is 6. The third-order valence-corrected chi connectivity index (χ3v) is 3.96. The zero-order valence-electron chi connectivity index (χ0n) is 15.8. The molecule has 142 valence electrons. The van der Waals surface area contributed by atoms with E-state index >= 15 is 0 Å². The second kappa shape index (κ2) is 7.94. The van der Waals surface area contributed by atoms with Gasteiger partial charge in [-0.05, 0) is 31.5 Å². The van der Waals surface area contributed by atoms with Crippen molar-refractivity contribution in [3.05, 3.63) is 53.0 Å². The van der Waals surface area contributed by atoms with Crippen LogP contribution in [-0.2, 0) is 17.8 Å². The zero-order valence-corrected chi connectivity index (χ0v) is 15.8. The Balaban J connectivity index is 1.74. The smallest absolute Gasteiger partial charge is 0.233 e. The Morgan fingerprint density at radius 3 is 2.56 bits per heavy atom. The molecule has 0 atom stereocenters. The fraction of sp³-hybridized carbons (Fsp3) is 0.316. The molecule has 0 aliphatic carbocycles. The molecule has 0 fully saturated rings. The Hall–Kier alpha value is -3.29. The van der Waals surface area contributed by atoms with Crippen molar-refractivity contribution in [1.82, 2.24) is 14.9 Å². The summed E-state index contributed by atoms with van der Waals surface area (Å²) in [6, 6.07) is 9.23. The summed E-state index contributed by atoms with van der Waals surface area (Å²) in [5.74, 6) is 2.25. The monoisotopic (exact) mass is 370 g/mol. The van der Waals surface area contributed by atoms with E-state index in [2.05, 4.69) is 15.6 Å². The van der Waals surface area contributed by atoms with Gasteiger partial charge in [0, 0.05) is 12.1 Å². The molecule has 0 aliphatic rings. The minimum Gasteiger partial charge on any atom is -0.493 e. The Labute approximate surface area is 157 Å². The molecule has 0 saturated heterocycles. The number of methoxy groups -OCH3 is 2. The van der Waals surface area contributed by atoms with E-state index < -0.39 is 0 Å². The highest BCUT2D eigenvalue weighted by molar-refractivity contribution is 5.91. The van der Waals surface area contributed by atoms with E-state index in [0.717, 1.165) is 17.0 Å². The van der Waals surface area contributed by atoms with E-state index in [4.69, 9.17) is 14.0 Å². The van der Waals surface area contributed by atoms with Crippen LogP contribution in [0.4, 0.5) is 5.82 Å². The van der Waals surface area contributed by atoms with Crippen molar-refractivity contribution in [3.63, 3.8) is 0 Å². The number of anilines is 1. The molecule has 0 aliphatic heterocycles. The van der Waals surface area contributed by atoms with Gasteiger partial charge in [-0.2, -0.15) is 5.10 Å². The van der Waals surface area contributed by atoms with E-state index in [1.54, 1.807) is 25.0 Å². The highest BCUT2D eigenvalue weighted by atomic mass is 16.5. The normalized spacial score (nSPS) is 10.7. The van der Waals surface area contributed by atoms with E-state index in [-0.39, 0.29) is 12.3 Å². The van der Waals surface area contributed by atoms with Crippen molar-refractivity contribution in [2.75, 3.05) is 19.5 Å². The standard InChI is InChI=1S/C19H22N4O4/c1-12-8-18(20-19(24)10-15-7-13(2)22-27-15)23(21-12)11-14-5-6-16(25-3)17(9-14)26-4/h5-9H,10-11H2,1-4H3,(H,20,24). The number of nitrogens with one attached hydrogen (secondary N) is 1. The number of hydrogen-bond donors (Lipinski definition) is 1. The maximum atomic E-state index is 12.3. The van der Waals surface area contributed by atoms with Crippen LogP contribution in [0, 0.1) is 13.8 Å². The summed E-state index contributed by atoms with van der Waals surface area (Å²) < 4.78 is 17.4. The maximum Gasteiger partial charge on any atom is 0.233 e. The molecule has 27 heavy (non-hydrogen) atoms. The van der Waals surface area contributed by atoms with E-state index in [9.17, 15) is 4.79 Å². The number of nitrogens with zero attached hydrogens (tertiary/aromatic N) is 3. The molecule has 8 nitrogen and oxygen atoms in total. The second-order valence-electron chi connectivity index (χ2n) is 6.18. The second-order valence-corrected chi connectivity index (χ2v) is 6.18. The molecule has 0 bridgehead atoms. The van der Waals surface area contributed by atoms with Crippen molar-refractivity contribution >= 4 is 11.7 Å². The maximum absolute atomic E-state index is 12.3. The lowest BCUT2D eigenvalue weighted by Gasteiger charge is -2.11. The number of amides is 1. The van der Waals surface area contributed by atoms with Crippen molar-refractivity contribution in [2.45, 2.75) is 26.8 Å². The number of benzene rings is 1. The van der Waals surface area contributed by atoms with Crippen LogP contribution >= 0.6 is 0 Å². The predicted molar refractivity (Wildman–Crippen MR) is 99.2 cm³/mol. The average Bonchev–Trinajstić information content (AvgIpc) is 3.19. The van der Waals surface area contributed by atoms with Gasteiger partial charge in [-0.1, -0.05) is 11.2 Å². The molecule has 0 spiro atoms. The summed E-state index contributed by atoms with van der Waals surface area (Å²) in [6.07, 6.45) is 0.113. The molecular weight excluding hydrogens is 348 g/mol. The molecule has 8 heteroatoms. The Kier molecular flexibility index (Phi) is 5.44. The number of ether oxygens (including phenoxy) is 2. The van der Waals surface area contributed by atoms with Gasteiger partial charge in [-0.3, -0.25) is 4.79 Å². The minimum atomic E-state index is -0.195. The number of aryl methyl sites for hydroxylation is 2. The van der Waals surface area contributed by atoms with Crippen LogP contribution in [0.15, 0.2) is 34.9 Å². The molecule has 0 radical (unpaired) electrons. The summed E-state index contributed by atoms with van der Waals surface area (Å²) in [6.45, 7) is 4.16. The lowest BCUT2D eigenvalue weighted by atomic mass is 10.2. The van der Waals surface area contributed by atoms with Crippen LogP contribution in [-0.4, -0.2) is 35.1 Å². The Morgan fingerprint density at radius 2 is 1.89 bits per heavy atom. The zero-order chi connectivity index (χ0) is 19.4. The highest BCUT2D eigenvalue weighted by Crippen LogP contribution is 2.28. The summed E-state index contributed by atoms with van der Waals surface area (Å²) in [4.78, 5) is 12.3. The average molecular weight is 370 g/mol. The van der Waals surface area contributed by atoms with E-state index in [1.807, 2.05) is 38.1 Å². The van der Waals surface area contributed by atoms with Crippen LogP contribution < -0.4 is 14.8 Å². The van der Waals surface area contributed by atoms with E-state index in [0.29, 0.717) is 29.6 Å². The molecule has 0 saturated carbocycles. The molecule has 1 N–H and O–H groups in total. The van der Waals surface area contributed by atoms with Gasteiger partial charge in [-0.25, -0.2) is 4.68 Å². The van der Waals surface area contributed by atoms with Gasteiger partial charge in [0.05, 0.1) is 38.6 Å². The first-order chi connectivity index (χ1) is 13.0. The van der Waals surface area contributed by atoms with Crippen LogP contribution in [0.25, 0.3) is 0 Å². The molecule has 1 aromatic carbocycles. The largest absolute Gasteiger partial charge is 0.493 e. The Bertz CT molecular complexity index is 945. The summed E-state index contributed by atoms with van der Waals surface area (Å²) in [7, 11) is 3.19. The first-order valence-electron chi connectivity index (χ1n) is 8.46. The van der Waals surface area contributed by atoms with Gasteiger partial charge >= 0.3 is 0 Å². The molecule has 3 aromatic rings. The molecule has 0 unspecified atom stereocenters. The first-order valence-corrected chi connectivity index (χ1v) is 8.46. The van der Waals surface area contributed by atoms with Crippen LogP contribution in [0.2, 0.25) is 0 Å². The number of rotatable bonds is 7. The van der Waals surface area contributed by atoms with Crippen molar-refractivity contribution in [2.24, 2.45) is 0 Å². The minimum absolute atomic E-state index is 0.113. The predicted octanol–water partition coefficient (Wildman–Crippen LogP) is 2.73. The SMILES string of the molecule is COc1ccc(Cn2nc(C)cc2NC(=O)Cc2cc(C)no2)cc1OC. The first kappa shape index (κ1) is 18.5. The van der Waals surface area contributed by atoms with E-state index in [1.165, 1.54) is 0 Å². The molecular formula is C19H22N4O4. The number of carbonyl (C=O) groups is 1. The third-order valence-electron chi connectivity index (χ3n) is 3.96. The molecule has 1 amide bonds. The molecule has 2 heterocycles. The summed E-state index contributed by atoms with van der Waals surface area (Å²) >= 11 is 0. The van der Waals surface area contributed by atoms with Crippen LogP contribution in [0.3, 0.4) is 0 Å².